The Balaban J connectivity index is 1.92. The smallest absolute Gasteiger partial charge is 0.348 e. The molecule has 1 saturated heterocycles. The van der Waals surface area contributed by atoms with Crippen LogP contribution in [0.3, 0.4) is 0 Å². The van der Waals surface area contributed by atoms with E-state index in [1.807, 2.05) is 0 Å². The second-order valence-electron chi connectivity index (χ2n) is 5.51. The highest BCUT2D eigenvalue weighted by Crippen LogP contribution is 2.39. The van der Waals surface area contributed by atoms with Crippen LogP contribution in [-0.4, -0.2) is 29.9 Å². The Morgan fingerprint density at radius 3 is 2.39 bits per heavy atom. The van der Waals surface area contributed by atoms with Crippen molar-refractivity contribution in [2.24, 2.45) is 0 Å². The van der Waals surface area contributed by atoms with Crippen LogP contribution in [0, 0.1) is 0 Å². The molecule has 1 aliphatic carbocycles. The van der Waals surface area contributed by atoms with Crippen molar-refractivity contribution >= 4 is 33.9 Å². The molecule has 23 heavy (non-hydrogen) atoms. The summed E-state index contributed by atoms with van der Waals surface area (Å²) in [5.74, 6) is -2.30. The lowest BCUT2D eigenvalue weighted by atomic mass is 10.1. The number of hydrogen-bond acceptors (Lipinski definition) is 6. The number of aromatic hydroxyl groups is 1. The molecule has 0 amide bonds. The minimum Gasteiger partial charge on any atom is -0.503 e. The van der Waals surface area contributed by atoms with Crippen molar-refractivity contribution < 1.29 is 28.9 Å². The number of benzene rings is 1. The molecule has 1 aliphatic heterocycles. The lowest BCUT2D eigenvalue weighted by Crippen LogP contribution is -2.44. The third-order valence-corrected chi connectivity index (χ3v) is 4.55. The average molecular weight is 383 g/mol. The highest BCUT2D eigenvalue weighted by atomic mass is 79.9. The summed E-state index contributed by atoms with van der Waals surface area (Å²) in [6, 6.07) is 3.07. The van der Waals surface area contributed by atoms with Gasteiger partial charge in [0.25, 0.3) is 5.79 Å². The van der Waals surface area contributed by atoms with Crippen LogP contribution in [0.15, 0.2) is 22.2 Å². The fourth-order valence-electron chi connectivity index (χ4n) is 2.79. The normalized spacial score (nSPS) is 19.5. The second kappa shape index (κ2) is 5.88. The molecule has 1 N–H and O–H groups in total. The number of carbonyl (C=O) groups is 2. The van der Waals surface area contributed by atoms with Crippen LogP contribution >= 0.6 is 15.9 Å². The van der Waals surface area contributed by atoms with Crippen LogP contribution in [-0.2, 0) is 19.1 Å². The van der Waals surface area contributed by atoms with Gasteiger partial charge in [-0.1, -0.05) is 0 Å². The first-order valence-electron chi connectivity index (χ1n) is 7.19. The summed E-state index contributed by atoms with van der Waals surface area (Å²) < 4.78 is 16.1. The van der Waals surface area contributed by atoms with Crippen molar-refractivity contribution in [3.05, 3.63) is 27.7 Å². The van der Waals surface area contributed by atoms with E-state index in [1.165, 1.54) is 19.3 Å². The van der Waals surface area contributed by atoms with E-state index in [9.17, 15) is 14.7 Å². The average Bonchev–Trinajstić information content (AvgIpc) is 2.94. The van der Waals surface area contributed by atoms with Gasteiger partial charge in [0.2, 0.25) is 0 Å². The molecule has 6 nitrogen and oxygen atoms in total. The Labute approximate surface area is 141 Å². The molecule has 1 aromatic carbocycles. The number of phenolic OH excluding ortho intramolecular Hbond substituents is 1. The molecule has 2 fully saturated rings. The number of halogens is 1. The first-order chi connectivity index (χ1) is 10.9. The Kier molecular flexibility index (Phi) is 4.06. The molecule has 1 saturated carbocycles. The fraction of sp³-hybridized carbons (Fsp3) is 0.375. The molecule has 2 aliphatic rings. The molecule has 1 spiro atoms. The summed E-state index contributed by atoms with van der Waals surface area (Å²) in [6.07, 6.45) is 4.16. The van der Waals surface area contributed by atoms with Gasteiger partial charge in [0.15, 0.2) is 11.5 Å². The number of esters is 2. The Morgan fingerprint density at radius 2 is 1.83 bits per heavy atom. The van der Waals surface area contributed by atoms with Crippen LogP contribution in [0.4, 0.5) is 0 Å². The van der Waals surface area contributed by atoms with Crippen LogP contribution in [0.2, 0.25) is 0 Å². The third kappa shape index (κ3) is 2.93. The minimum atomic E-state index is -1.08. The standard InChI is InChI=1S/C16H15BrO6/c1-21-12-8-9(7-11(17)13(12)18)6-10-14(19)22-16(23-15(10)20)4-2-3-5-16/h6-8,18H,2-5H2,1H3. The molecule has 0 aromatic heterocycles. The molecular weight excluding hydrogens is 368 g/mol. The Morgan fingerprint density at radius 1 is 1.22 bits per heavy atom. The van der Waals surface area contributed by atoms with Gasteiger partial charge in [-0.3, -0.25) is 0 Å². The predicted octanol–water partition coefficient (Wildman–Crippen LogP) is 2.92. The maximum absolute atomic E-state index is 12.2. The van der Waals surface area contributed by atoms with Gasteiger partial charge in [0, 0.05) is 12.8 Å². The van der Waals surface area contributed by atoms with E-state index in [0.717, 1.165) is 12.8 Å². The quantitative estimate of drug-likeness (QED) is 0.481. The lowest BCUT2D eigenvalue weighted by Gasteiger charge is -2.32. The van der Waals surface area contributed by atoms with Crippen molar-refractivity contribution in [1.29, 1.82) is 0 Å². The number of phenols is 1. The van der Waals surface area contributed by atoms with Crippen molar-refractivity contribution in [3.8, 4) is 11.5 Å². The first-order valence-corrected chi connectivity index (χ1v) is 7.98. The molecule has 0 atom stereocenters. The van der Waals surface area contributed by atoms with Crippen LogP contribution in [0.5, 0.6) is 11.5 Å². The first kappa shape index (κ1) is 15.9. The van der Waals surface area contributed by atoms with E-state index in [1.54, 1.807) is 6.07 Å². The Hall–Kier alpha value is -2.02. The molecule has 0 bridgehead atoms. The van der Waals surface area contributed by atoms with Gasteiger partial charge in [-0.05, 0) is 52.5 Å². The number of methoxy groups -OCH3 is 1. The lowest BCUT2D eigenvalue weighted by molar-refractivity contribution is -0.232. The van der Waals surface area contributed by atoms with E-state index in [-0.39, 0.29) is 17.1 Å². The molecule has 0 unspecified atom stereocenters. The number of rotatable bonds is 2. The zero-order valence-corrected chi connectivity index (χ0v) is 14.0. The van der Waals surface area contributed by atoms with Gasteiger partial charge in [-0.15, -0.1) is 0 Å². The van der Waals surface area contributed by atoms with Gasteiger partial charge in [-0.25, -0.2) is 9.59 Å². The monoisotopic (exact) mass is 382 g/mol. The van der Waals surface area contributed by atoms with Gasteiger partial charge in [0.1, 0.15) is 5.57 Å². The van der Waals surface area contributed by atoms with Crippen LogP contribution in [0.1, 0.15) is 31.2 Å². The number of hydrogen-bond donors (Lipinski definition) is 1. The SMILES string of the molecule is COc1cc(C=C2C(=O)OC3(CCCC3)OC2=O)cc(Br)c1O. The summed E-state index contributed by atoms with van der Waals surface area (Å²) in [4.78, 5) is 24.4. The fourth-order valence-corrected chi connectivity index (χ4v) is 3.25. The van der Waals surface area contributed by atoms with Gasteiger partial charge >= 0.3 is 11.9 Å². The third-order valence-electron chi connectivity index (χ3n) is 3.94. The molecule has 1 heterocycles. The number of ether oxygens (including phenoxy) is 3. The van der Waals surface area contributed by atoms with Crippen molar-refractivity contribution in [3.63, 3.8) is 0 Å². The van der Waals surface area contributed by atoms with Crippen molar-refractivity contribution in [1.82, 2.24) is 0 Å². The number of carbonyl (C=O) groups excluding carboxylic acids is 2. The summed E-state index contributed by atoms with van der Waals surface area (Å²) in [5, 5.41) is 9.80. The van der Waals surface area contributed by atoms with E-state index >= 15 is 0 Å². The molecule has 7 heteroatoms. The summed E-state index contributed by atoms with van der Waals surface area (Å²) in [7, 11) is 1.41. The highest BCUT2D eigenvalue weighted by molar-refractivity contribution is 9.10. The maximum Gasteiger partial charge on any atom is 0.348 e. The molecule has 1 aromatic rings. The summed E-state index contributed by atoms with van der Waals surface area (Å²) in [5.41, 5.74) is 0.319. The maximum atomic E-state index is 12.2. The van der Waals surface area contributed by atoms with Gasteiger partial charge < -0.3 is 19.3 Å². The summed E-state index contributed by atoms with van der Waals surface area (Å²) >= 11 is 3.19. The van der Waals surface area contributed by atoms with Crippen molar-refractivity contribution in [2.75, 3.05) is 7.11 Å². The Bertz CT molecular complexity index is 681. The summed E-state index contributed by atoms with van der Waals surface area (Å²) in [6.45, 7) is 0. The van der Waals surface area contributed by atoms with E-state index in [4.69, 9.17) is 14.2 Å². The van der Waals surface area contributed by atoms with Gasteiger partial charge in [0.05, 0.1) is 11.6 Å². The molecular formula is C16H15BrO6. The predicted molar refractivity (Wildman–Crippen MR) is 83.7 cm³/mol. The van der Waals surface area contributed by atoms with E-state index in [2.05, 4.69) is 15.9 Å². The zero-order chi connectivity index (χ0) is 16.6. The largest absolute Gasteiger partial charge is 0.503 e. The molecule has 122 valence electrons. The van der Waals surface area contributed by atoms with E-state index in [0.29, 0.717) is 22.9 Å². The second-order valence-corrected chi connectivity index (χ2v) is 6.36. The van der Waals surface area contributed by atoms with Crippen LogP contribution < -0.4 is 4.74 Å². The topological polar surface area (TPSA) is 82.1 Å². The van der Waals surface area contributed by atoms with Crippen molar-refractivity contribution in [2.45, 2.75) is 31.5 Å². The van der Waals surface area contributed by atoms with E-state index < -0.39 is 17.7 Å². The zero-order valence-electron chi connectivity index (χ0n) is 12.4. The highest BCUT2D eigenvalue weighted by Gasteiger charge is 2.47. The van der Waals surface area contributed by atoms with Crippen LogP contribution in [0.25, 0.3) is 6.08 Å². The van der Waals surface area contributed by atoms with Gasteiger partial charge in [-0.2, -0.15) is 0 Å². The molecule has 0 radical (unpaired) electrons. The minimum absolute atomic E-state index is 0.0617. The molecule has 3 rings (SSSR count).